The Labute approximate surface area is 118 Å². The van der Waals surface area contributed by atoms with Crippen molar-refractivity contribution in [3.63, 3.8) is 0 Å². The van der Waals surface area contributed by atoms with E-state index in [0.717, 1.165) is 38.5 Å². The first-order chi connectivity index (χ1) is 7.22. The topological polar surface area (TPSA) is 56.9 Å². The Kier molecular flexibility index (Phi) is 36.9. The molecule has 0 spiro atoms. The number of nitriles is 1. The van der Waals surface area contributed by atoms with Crippen LogP contribution in [-0.4, -0.2) is 12.5 Å². The number of hydrogen-bond acceptors (Lipinski definition) is 3. The summed E-state index contributed by atoms with van der Waals surface area (Å²) in [5.74, 6) is 0.430. The molecule has 0 rings (SSSR count). The molecule has 104 valence electrons. The second-order valence-electron chi connectivity index (χ2n) is 3.22. The van der Waals surface area contributed by atoms with Gasteiger partial charge in [-0.15, -0.1) is 24.8 Å². The summed E-state index contributed by atoms with van der Waals surface area (Å²) in [5.41, 5.74) is 0. The predicted molar refractivity (Wildman–Crippen MR) is 78.5 cm³/mol. The zero-order valence-electron chi connectivity index (χ0n) is 11.1. The highest BCUT2D eigenvalue weighted by Crippen LogP contribution is 1.95. The SMILES string of the molecule is CCCCC#N.CCCCC(=N)OCC.Cl.Cl. The highest BCUT2D eigenvalue weighted by molar-refractivity contribution is 5.85. The molecule has 0 amide bonds. The first-order valence-electron chi connectivity index (χ1n) is 5.79. The second-order valence-corrected chi connectivity index (χ2v) is 3.22. The Morgan fingerprint density at radius 1 is 1.12 bits per heavy atom. The highest BCUT2D eigenvalue weighted by Gasteiger charge is 1.92. The van der Waals surface area contributed by atoms with E-state index in [1.807, 2.05) is 6.92 Å². The van der Waals surface area contributed by atoms with Crippen LogP contribution in [0.3, 0.4) is 0 Å². The molecule has 0 fully saturated rings. The van der Waals surface area contributed by atoms with Gasteiger partial charge in [0.25, 0.3) is 0 Å². The lowest BCUT2D eigenvalue weighted by Gasteiger charge is -2.01. The van der Waals surface area contributed by atoms with E-state index in [9.17, 15) is 0 Å². The molecule has 0 bridgehead atoms. The maximum Gasteiger partial charge on any atom is 0.180 e. The van der Waals surface area contributed by atoms with Crippen molar-refractivity contribution in [3.05, 3.63) is 0 Å². The molecular weight excluding hydrogens is 259 g/mol. The molecule has 0 aromatic heterocycles. The van der Waals surface area contributed by atoms with Gasteiger partial charge in [-0.1, -0.05) is 26.7 Å². The summed E-state index contributed by atoms with van der Waals surface area (Å²) >= 11 is 0. The fourth-order valence-corrected chi connectivity index (χ4v) is 0.840. The smallest absolute Gasteiger partial charge is 0.180 e. The van der Waals surface area contributed by atoms with Gasteiger partial charge in [-0.3, -0.25) is 5.41 Å². The van der Waals surface area contributed by atoms with Crippen LogP contribution in [-0.2, 0) is 4.74 Å². The third-order valence-corrected chi connectivity index (χ3v) is 1.72. The van der Waals surface area contributed by atoms with Gasteiger partial charge in [0.2, 0.25) is 0 Å². The zero-order valence-corrected chi connectivity index (χ0v) is 12.8. The Morgan fingerprint density at radius 2 is 1.65 bits per heavy atom. The fourth-order valence-electron chi connectivity index (χ4n) is 0.840. The van der Waals surface area contributed by atoms with Crippen LogP contribution in [0.5, 0.6) is 0 Å². The number of ether oxygens (including phenoxy) is 1. The molecular formula is C12H26Cl2N2O. The molecule has 1 N–H and O–H groups in total. The van der Waals surface area contributed by atoms with E-state index in [1.54, 1.807) is 0 Å². The van der Waals surface area contributed by atoms with Gasteiger partial charge < -0.3 is 4.74 Å². The van der Waals surface area contributed by atoms with Crippen LogP contribution in [0.25, 0.3) is 0 Å². The van der Waals surface area contributed by atoms with Crippen molar-refractivity contribution in [1.82, 2.24) is 0 Å². The summed E-state index contributed by atoms with van der Waals surface area (Å²) in [5, 5.41) is 15.1. The largest absolute Gasteiger partial charge is 0.481 e. The molecule has 0 atom stereocenters. The van der Waals surface area contributed by atoms with E-state index in [4.69, 9.17) is 15.4 Å². The molecule has 0 radical (unpaired) electrons. The minimum Gasteiger partial charge on any atom is -0.481 e. The molecule has 0 unspecified atom stereocenters. The fraction of sp³-hybridized carbons (Fsp3) is 0.833. The Bertz CT molecular complexity index is 182. The molecule has 0 heterocycles. The van der Waals surface area contributed by atoms with Gasteiger partial charge in [0, 0.05) is 12.8 Å². The van der Waals surface area contributed by atoms with Gasteiger partial charge >= 0.3 is 0 Å². The summed E-state index contributed by atoms with van der Waals surface area (Å²) in [4.78, 5) is 0. The number of nitrogens with zero attached hydrogens (tertiary/aromatic N) is 1. The van der Waals surface area contributed by atoms with Gasteiger partial charge in [0.15, 0.2) is 5.90 Å². The minimum atomic E-state index is 0. The van der Waals surface area contributed by atoms with Crippen molar-refractivity contribution in [1.29, 1.82) is 10.7 Å². The third kappa shape index (κ3) is 31.3. The number of nitrogens with one attached hydrogen (secondary N) is 1. The van der Waals surface area contributed by atoms with Crippen LogP contribution in [0, 0.1) is 16.7 Å². The first kappa shape index (κ1) is 25.4. The van der Waals surface area contributed by atoms with Crippen LogP contribution in [0.15, 0.2) is 0 Å². The summed E-state index contributed by atoms with van der Waals surface area (Å²) in [7, 11) is 0. The van der Waals surface area contributed by atoms with Crippen LogP contribution < -0.4 is 0 Å². The Hall–Kier alpha value is -0.460. The lowest BCUT2D eigenvalue weighted by atomic mass is 10.2. The summed E-state index contributed by atoms with van der Waals surface area (Å²) in [6.07, 6.45) is 5.90. The summed E-state index contributed by atoms with van der Waals surface area (Å²) in [6.45, 7) is 6.72. The quantitative estimate of drug-likeness (QED) is 0.435. The van der Waals surface area contributed by atoms with Crippen molar-refractivity contribution in [2.75, 3.05) is 6.61 Å². The van der Waals surface area contributed by atoms with E-state index in [1.165, 1.54) is 0 Å². The van der Waals surface area contributed by atoms with Gasteiger partial charge in [0.1, 0.15) is 0 Å². The molecule has 3 nitrogen and oxygen atoms in total. The van der Waals surface area contributed by atoms with E-state index in [0.29, 0.717) is 12.5 Å². The second kappa shape index (κ2) is 24.7. The highest BCUT2D eigenvalue weighted by atomic mass is 35.5. The number of hydrogen-bond donors (Lipinski definition) is 1. The average Bonchev–Trinajstić information content (AvgIpc) is 2.25. The first-order valence-corrected chi connectivity index (χ1v) is 5.79. The average molecular weight is 285 g/mol. The molecule has 0 aromatic rings. The van der Waals surface area contributed by atoms with Crippen molar-refractivity contribution < 1.29 is 4.74 Å². The normalized spacial score (nSPS) is 7.41. The van der Waals surface area contributed by atoms with Crippen molar-refractivity contribution in [3.8, 4) is 6.07 Å². The van der Waals surface area contributed by atoms with Gasteiger partial charge in [-0.05, 0) is 19.8 Å². The van der Waals surface area contributed by atoms with Crippen LogP contribution in [0.2, 0.25) is 0 Å². The Balaban J connectivity index is -0.0000000945. The van der Waals surface area contributed by atoms with E-state index < -0.39 is 0 Å². The maximum atomic E-state index is 7.95. The van der Waals surface area contributed by atoms with E-state index in [2.05, 4.69) is 19.9 Å². The van der Waals surface area contributed by atoms with E-state index in [-0.39, 0.29) is 24.8 Å². The predicted octanol–water partition coefficient (Wildman–Crippen LogP) is 4.73. The minimum absolute atomic E-state index is 0. The number of unbranched alkanes of at least 4 members (excludes halogenated alkanes) is 3. The molecule has 0 saturated heterocycles. The monoisotopic (exact) mass is 284 g/mol. The van der Waals surface area contributed by atoms with Gasteiger partial charge in [0.05, 0.1) is 12.7 Å². The molecule has 5 heteroatoms. The molecule has 0 aliphatic heterocycles. The molecule has 17 heavy (non-hydrogen) atoms. The zero-order chi connectivity index (χ0) is 11.9. The number of rotatable bonds is 6. The Morgan fingerprint density at radius 3 is 1.94 bits per heavy atom. The van der Waals surface area contributed by atoms with Gasteiger partial charge in [-0.2, -0.15) is 5.26 Å². The third-order valence-electron chi connectivity index (χ3n) is 1.72. The lowest BCUT2D eigenvalue weighted by molar-refractivity contribution is 0.313. The standard InChI is InChI=1S/C7H15NO.C5H9N.2ClH/c1-3-5-6-7(8)9-4-2;1-2-3-4-5-6;;/h8H,3-6H2,1-2H3;2-4H2,1H3;2*1H. The van der Waals surface area contributed by atoms with Crippen molar-refractivity contribution >= 4 is 30.7 Å². The van der Waals surface area contributed by atoms with E-state index >= 15 is 0 Å². The molecule has 0 saturated carbocycles. The lowest BCUT2D eigenvalue weighted by Crippen LogP contribution is -2.01. The van der Waals surface area contributed by atoms with Crippen LogP contribution >= 0.6 is 24.8 Å². The maximum absolute atomic E-state index is 7.95. The number of halogens is 2. The van der Waals surface area contributed by atoms with Crippen LogP contribution in [0.1, 0.15) is 59.3 Å². The van der Waals surface area contributed by atoms with Crippen molar-refractivity contribution in [2.24, 2.45) is 0 Å². The molecule has 0 aliphatic carbocycles. The molecule has 0 aliphatic rings. The van der Waals surface area contributed by atoms with Crippen LogP contribution in [0.4, 0.5) is 0 Å². The van der Waals surface area contributed by atoms with Gasteiger partial charge in [-0.25, -0.2) is 0 Å². The molecule has 0 aromatic carbocycles. The van der Waals surface area contributed by atoms with Crippen molar-refractivity contribution in [2.45, 2.75) is 59.3 Å². The summed E-state index contributed by atoms with van der Waals surface area (Å²) in [6, 6.07) is 2.07. The summed E-state index contributed by atoms with van der Waals surface area (Å²) < 4.78 is 4.93.